The highest BCUT2D eigenvalue weighted by molar-refractivity contribution is 9.10. The second kappa shape index (κ2) is 8.90. The predicted molar refractivity (Wildman–Crippen MR) is 134 cm³/mol. The molecule has 1 aliphatic heterocycles. The monoisotopic (exact) mass is 542 g/mol. The Hall–Kier alpha value is -1.93. The quantitative estimate of drug-likeness (QED) is 0.389. The van der Waals surface area contributed by atoms with Crippen LogP contribution >= 0.6 is 31.9 Å². The highest BCUT2D eigenvalue weighted by Crippen LogP contribution is 2.33. The maximum absolute atomic E-state index is 11.0. The maximum Gasteiger partial charge on any atom is 0.128 e. The molecule has 1 atom stereocenters. The molecule has 0 unspecified atom stereocenters. The normalized spacial score (nSPS) is 16.3. The zero-order valence-corrected chi connectivity index (χ0v) is 20.3. The Labute approximate surface area is 198 Å². The third kappa shape index (κ3) is 4.37. The van der Waals surface area contributed by atoms with Gasteiger partial charge >= 0.3 is 0 Å². The van der Waals surface area contributed by atoms with Gasteiger partial charge in [-0.05, 0) is 48.5 Å². The summed E-state index contributed by atoms with van der Waals surface area (Å²) in [5.74, 6) is 1.03. The molecule has 2 aromatic heterocycles. The zero-order valence-electron chi connectivity index (χ0n) is 17.1. The lowest BCUT2D eigenvalue weighted by Crippen LogP contribution is -2.49. The van der Waals surface area contributed by atoms with Crippen LogP contribution in [0.15, 0.2) is 69.7 Å². The predicted octanol–water partition coefficient (Wildman–Crippen LogP) is 4.90. The van der Waals surface area contributed by atoms with Gasteiger partial charge in [-0.3, -0.25) is 4.90 Å². The first-order valence-electron chi connectivity index (χ1n) is 10.5. The molecule has 1 fully saturated rings. The van der Waals surface area contributed by atoms with E-state index in [1.54, 1.807) is 0 Å². The summed E-state index contributed by atoms with van der Waals surface area (Å²) in [4.78, 5) is 9.12. The van der Waals surface area contributed by atoms with E-state index in [9.17, 15) is 5.11 Å². The molecule has 31 heavy (non-hydrogen) atoms. The van der Waals surface area contributed by atoms with Crippen molar-refractivity contribution < 1.29 is 5.11 Å². The van der Waals surface area contributed by atoms with Crippen LogP contribution < -0.4 is 4.90 Å². The highest BCUT2D eigenvalue weighted by atomic mass is 79.9. The van der Waals surface area contributed by atoms with E-state index in [2.05, 4.69) is 93.7 Å². The topological polar surface area (TPSA) is 44.5 Å². The number of β-amino-alcohol motifs (C(OH)–C–C–N with tert-alkyl or cyclic N) is 1. The molecule has 0 amide bonds. The van der Waals surface area contributed by atoms with E-state index in [0.29, 0.717) is 13.1 Å². The molecule has 7 heteroatoms. The van der Waals surface area contributed by atoms with E-state index >= 15 is 0 Å². The van der Waals surface area contributed by atoms with Gasteiger partial charge in [-0.1, -0.05) is 37.9 Å². The summed E-state index contributed by atoms with van der Waals surface area (Å²) >= 11 is 7.20. The Bertz CT molecular complexity index is 1140. The standard InChI is InChI=1S/C24H24Br2N4O/c25-17-4-6-22-20(13-17)21-14-18(26)5-7-23(21)30(22)16-19(31)15-28-9-11-29(12-10-28)24-3-1-2-8-27-24/h1-8,13-14,19,31H,9-12,15-16H2/t19-/m1/s1. The van der Waals surface area contributed by atoms with Crippen molar-refractivity contribution in [1.29, 1.82) is 0 Å². The van der Waals surface area contributed by atoms with Crippen LogP contribution in [0.3, 0.4) is 0 Å². The Balaban J connectivity index is 1.31. The number of halogens is 2. The molecule has 1 saturated heterocycles. The fraction of sp³-hybridized carbons (Fsp3) is 0.292. The summed E-state index contributed by atoms with van der Waals surface area (Å²) in [5, 5.41) is 13.4. The molecule has 2 aromatic carbocycles. The minimum absolute atomic E-state index is 0.438. The Morgan fingerprint density at radius 1 is 0.839 bits per heavy atom. The van der Waals surface area contributed by atoms with Crippen LogP contribution in [0, 0.1) is 0 Å². The van der Waals surface area contributed by atoms with Crippen LogP contribution in [-0.2, 0) is 6.54 Å². The van der Waals surface area contributed by atoms with Crippen LogP contribution in [0.4, 0.5) is 5.82 Å². The van der Waals surface area contributed by atoms with Gasteiger partial charge in [-0.2, -0.15) is 0 Å². The van der Waals surface area contributed by atoms with Crippen molar-refractivity contribution in [2.45, 2.75) is 12.6 Å². The lowest BCUT2D eigenvalue weighted by molar-refractivity contribution is 0.0968. The van der Waals surface area contributed by atoms with Crippen LogP contribution in [0.25, 0.3) is 21.8 Å². The molecule has 5 nitrogen and oxygen atoms in total. The van der Waals surface area contributed by atoms with Gasteiger partial charge in [-0.15, -0.1) is 0 Å². The number of anilines is 1. The number of hydrogen-bond acceptors (Lipinski definition) is 4. The summed E-state index contributed by atoms with van der Waals surface area (Å²) in [7, 11) is 0. The SMILES string of the molecule is O[C@H](CN1CCN(c2ccccn2)CC1)Cn1c2ccc(Br)cc2c2cc(Br)ccc21. The van der Waals surface area contributed by atoms with Gasteiger partial charge in [-0.25, -0.2) is 4.98 Å². The van der Waals surface area contributed by atoms with E-state index < -0.39 is 6.10 Å². The van der Waals surface area contributed by atoms with Gasteiger partial charge < -0.3 is 14.6 Å². The summed E-state index contributed by atoms with van der Waals surface area (Å²) < 4.78 is 4.37. The summed E-state index contributed by atoms with van der Waals surface area (Å²) in [6.07, 6.45) is 1.40. The molecule has 1 N–H and O–H groups in total. The summed E-state index contributed by atoms with van der Waals surface area (Å²) in [5.41, 5.74) is 2.30. The van der Waals surface area contributed by atoms with Gasteiger partial charge in [0, 0.05) is 69.7 Å². The number of fused-ring (bicyclic) bond motifs is 3. The average molecular weight is 544 g/mol. The van der Waals surface area contributed by atoms with E-state index in [4.69, 9.17) is 0 Å². The molecule has 160 valence electrons. The fourth-order valence-electron chi connectivity index (χ4n) is 4.51. The first kappa shape index (κ1) is 20.9. The molecule has 0 spiro atoms. The number of aromatic nitrogens is 2. The third-order valence-corrected chi connectivity index (χ3v) is 6.98. The van der Waals surface area contributed by atoms with Crippen LogP contribution in [0.5, 0.6) is 0 Å². The number of aliphatic hydroxyl groups excluding tert-OH is 1. The van der Waals surface area contributed by atoms with Gasteiger partial charge in [0.1, 0.15) is 5.82 Å². The molecular weight excluding hydrogens is 520 g/mol. The third-order valence-electron chi connectivity index (χ3n) is 6.00. The van der Waals surface area contributed by atoms with Gasteiger partial charge in [0.15, 0.2) is 0 Å². The molecular formula is C24H24Br2N4O. The molecule has 3 heterocycles. The van der Waals surface area contributed by atoms with Crippen LogP contribution in [0.2, 0.25) is 0 Å². The number of pyridine rings is 1. The smallest absolute Gasteiger partial charge is 0.128 e. The minimum atomic E-state index is -0.438. The van der Waals surface area contributed by atoms with E-state index in [0.717, 1.165) is 52.0 Å². The minimum Gasteiger partial charge on any atom is -0.390 e. The van der Waals surface area contributed by atoms with Crippen LogP contribution in [-0.4, -0.2) is 58.4 Å². The molecule has 1 aliphatic rings. The van der Waals surface area contributed by atoms with Crippen molar-refractivity contribution in [2.75, 3.05) is 37.6 Å². The zero-order chi connectivity index (χ0) is 21.4. The number of piperazine rings is 1. The van der Waals surface area contributed by atoms with Gasteiger partial charge in [0.05, 0.1) is 12.6 Å². The van der Waals surface area contributed by atoms with Gasteiger partial charge in [0.2, 0.25) is 0 Å². The van der Waals surface area contributed by atoms with E-state index in [-0.39, 0.29) is 0 Å². The maximum atomic E-state index is 11.0. The largest absolute Gasteiger partial charge is 0.390 e. The number of nitrogens with zero attached hydrogens (tertiary/aromatic N) is 4. The number of aliphatic hydroxyl groups is 1. The lowest BCUT2D eigenvalue weighted by atomic mass is 10.2. The summed E-state index contributed by atoms with van der Waals surface area (Å²) in [6.45, 7) is 4.97. The van der Waals surface area contributed by atoms with Crippen LogP contribution in [0.1, 0.15) is 0 Å². The number of rotatable bonds is 5. The van der Waals surface area contributed by atoms with E-state index in [1.807, 2.05) is 18.3 Å². The van der Waals surface area contributed by atoms with Crippen molar-refractivity contribution in [3.8, 4) is 0 Å². The average Bonchev–Trinajstić information content (AvgIpc) is 3.07. The second-order valence-corrected chi connectivity index (χ2v) is 9.89. The highest BCUT2D eigenvalue weighted by Gasteiger charge is 2.21. The Kier molecular flexibility index (Phi) is 6.01. The first-order valence-corrected chi connectivity index (χ1v) is 12.1. The molecule has 0 bridgehead atoms. The number of benzene rings is 2. The first-order chi connectivity index (χ1) is 15.1. The molecule has 0 radical (unpaired) electrons. The van der Waals surface area contributed by atoms with Crippen molar-refractivity contribution in [3.05, 3.63) is 69.7 Å². The van der Waals surface area contributed by atoms with Gasteiger partial charge in [0.25, 0.3) is 0 Å². The van der Waals surface area contributed by atoms with E-state index in [1.165, 1.54) is 10.8 Å². The van der Waals surface area contributed by atoms with Crippen molar-refractivity contribution in [3.63, 3.8) is 0 Å². The molecule has 4 aromatic rings. The number of hydrogen-bond donors (Lipinski definition) is 1. The van der Waals surface area contributed by atoms with Crippen molar-refractivity contribution >= 4 is 59.5 Å². The molecule has 5 rings (SSSR count). The summed E-state index contributed by atoms with van der Waals surface area (Å²) in [6, 6.07) is 18.7. The van der Waals surface area contributed by atoms with Crippen molar-refractivity contribution in [2.24, 2.45) is 0 Å². The fourth-order valence-corrected chi connectivity index (χ4v) is 5.23. The molecule has 0 saturated carbocycles. The second-order valence-electron chi connectivity index (χ2n) is 8.06. The Morgan fingerprint density at radius 2 is 1.48 bits per heavy atom. The molecule has 0 aliphatic carbocycles. The Morgan fingerprint density at radius 3 is 2.06 bits per heavy atom. The van der Waals surface area contributed by atoms with Crippen molar-refractivity contribution in [1.82, 2.24) is 14.5 Å². The lowest BCUT2D eigenvalue weighted by Gasteiger charge is -2.36.